The average molecular weight is 375 g/mol. The molecule has 1 unspecified atom stereocenters. The van der Waals surface area contributed by atoms with E-state index in [2.05, 4.69) is 22.2 Å². The van der Waals surface area contributed by atoms with Crippen molar-refractivity contribution in [1.82, 2.24) is 10.2 Å². The lowest BCUT2D eigenvalue weighted by atomic mass is 10.0. The van der Waals surface area contributed by atoms with Gasteiger partial charge in [-0.15, -0.1) is 0 Å². The van der Waals surface area contributed by atoms with Gasteiger partial charge in [-0.05, 0) is 44.8 Å². The SMILES string of the molecule is Cc1ccc(C(CNC(=O)c2cccc(NS(C)(=O)=O)c2)N(C)C)cc1. The van der Waals surface area contributed by atoms with E-state index in [-0.39, 0.29) is 11.9 Å². The topological polar surface area (TPSA) is 78.5 Å². The summed E-state index contributed by atoms with van der Waals surface area (Å²) in [6.45, 7) is 2.48. The van der Waals surface area contributed by atoms with Crippen LogP contribution in [0.3, 0.4) is 0 Å². The van der Waals surface area contributed by atoms with Crippen LogP contribution >= 0.6 is 0 Å². The smallest absolute Gasteiger partial charge is 0.251 e. The molecule has 0 saturated heterocycles. The highest BCUT2D eigenvalue weighted by atomic mass is 32.2. The Morgan fingerprint density at radius 3 is 2.35 bits per heavy atom. The van der Waals surface area contributed by atoms with Crippen LogP contribution in [0.1, 0.15) is 27.5 Å². The fourth-order valence-corrected chi connectivity index (χ4v) is 3.17. The predicted octanol–water partition coefficient (Wildman–Crippen LogP) is 2.40. The summed E-state index contributed by atoms with van der Waals surface area (Å²) in [7, 11) is 0.547. The average Bonchev–Trinajstić information content (AvgIpc) is 2.55. The van der Waals surface area contributed by atoms with Gasteiger partial charge in [0.2, 0.25) is 10.0 Å². The van der Waals surface area contributed by atoms with Crippen LogP contribution < -0.4 is 10.0 Å². The van der Waals surface area contributed by atoms with Crippen LogP contribution in [-0.2, 0) is 10.0 Å². The third-order valence-electron chi connectivity index (χ3n) is 3.97. The summed E-state index contributed by atoms with van der Waals surface area (Å²) in [5.41, 5.74) is 3.07. The number of rotatable bonds is 7. The molecular weight excluding hydrogens is 350 g/mol. The Balaban J connectivity index is 2.08. The molecule has 0 aliphatic carbocycles. The fourth-order valence-electron chi connectivity index (χ4n) is 2.62. The lowest BCUT2D eigenvalue weighted by molar-refractivity contribution is 0.0942. The molecule has 1 atom stereocenters. The molecule has 1 amide bonds. The van der Waals surface area contributed by atoms with E-state index in [1.54, 1.807) is 18.2 Å². The number of sulfonamides is 1. The van der Waals surface area contributed by atoms with Crippen LogP contribution in [0.25, 0.3) is 0 Å². The van der Waals surface area contributed by atoms with E-state index in [0.29, 0.717) is 17.8 Å². The number of nitrogens with zero attached hydrogens (tertiary/aromatic N) is 1. The van der Waals surface area contributed by atoms with Gasteiger partial charge in [-0.2, -0.15) is 0 Å². The van der Waals surface area contributed by atoms with E-state index < -0.39 is 10.0 Å². The Kier molecular flexibility index (Phi) is 6.39. The molecule has 2 N–H and O–H groups in total. The number of nitrogens with one attached hydrogen (secondary N) is 2. The molecule has 2 aromatic rings. The molecule has 0 aliphatic heterocycles. The van der Waals surface area contributed by atoms with Crippen LogP contribution in [0.15, 0.2) is 48.5 Å². The number of anilines is 1. The van der Waals surface area contributed by atoms with Gasteiger partial charge in [-0.1, -0.05) is 35.9 Å². The van der Waals surface area contributed by atoms with Gasteiger partial charge >= 0.3 is 0 Å². The maximum absolute atomic E-state index is 12.5. The van der Waals surface area contributed by atoms with Crippen molar-refractivity contribution in [3.63, 3.8) is 0 Å². The van der Waals surface area contributed by atoms with Gasteiger partial charge in [0.25, 0.3) is 5.91 Å². The van der Waals surface area contributed by atoms with Crippen LogP contribution in [0, 0.1) is 6.92 Å². The summed E-state index contributed by atoms with van der Waals surface area (Å²) >= 11 is 0. The molecule has 0 bridgehead atoms. The summed E-state index contributed by atoms with van der Waals surface area (Å²) < 4.78 is 25.0. The van der Waals surface area contributed by atoms with Gasteiger partial charge < -0.3 is 10.2 Å². The van der Waals surface area contributed by atoms with Gasteiger partial charge in [-0.3, -0.25) is 9.52 Å². The highest BCUT2D eigenvalue weighted by molar-refractivity contribution is 7.92. The van der Waals surface area contributed by atoms with E-state index in [4.69, 9.17) is 0 Å². The molecule has 2 rings (SSSR count). The lowest BCUT2D eigenvalue weighted by Crippen LogP contribution is -2.34. The zero-order valence-corrected chi connectivity index (χ0v) is 16.3. The van der Waals surface area contributed by atoms with Crippen molar-refractivity contribution in [3.8, 4) is 0 Å². The minimum absolute atomic E-state index is 0.0388. The fraction of sp³-hybridized carbons (Fsp3) is 0.316. The number of amides is 1. The van der Waals surface area contributed by atoms with Gasteiger partial charge in [0.1, 0.15) is 0 Å². The molecule has 2 aromatic carbocycles. The first kappa shape index (κ1) is 19.9. The molecular formula is C19H25N3O3S. The first-order valence-electron chi connectivity index (χ1n) is 8.25. The summed E-state index contributed by atoms with van der Waals surface area (Å²) in [6.07, 6.45) is 1.07. The molecule has 0 radical (unpaired) electrons. The van der Waals surface area contributed by atoms with Crippen LogP contribution in [0.2, 0.25) is 0 Å². The second kappa shape index (κ2) is 8.33. The lowest BCUT2D eigenvalue weighted by Gasteiger charge is -2.25. The Hall–Kier alpha value is -2.38. The summed E-state index contributed by atoms with van der Waals surface area (Å²) in [5.74, 6) is -0.249. The van der Waals surface area contributed by atoms with Crippen LogP contribution in [0.4, 0.5) is 5.69 Å². The minimum atomic E-state index is -3.38. The van der Waals surface area contributed by atoms with E-state index in [9.17, 15) is 13.2 Å². The number of carbonyl (C=O) groups is 1. The number of hydrogen-bond acceptors (Lipinski definition) is 4. The molecule has 0 saturated carbocycles. The molecule has 0 spiro atoms. The number of likely N-dealkylation sites (N-methyl/N-ethyl adjacent to an activating group) is 1. The van der Waals surface area contributed by atoms with Crippen molar-refractivity contribution in [2.45, 2.75) is 13.0 Å². The quantitative estimate of drug-likeness (QED) is 0.779. The van der Waals surface area contributed by atoms with E-state index in [1.807, 2.05) is 38.1 Å². The Labute approximate surface area is 155 Å². The maximum atomic E-state index is 12.5. The second-order valence-electron chi connectivity index (χ2n) is 6.56. The van der Waals surface area contributed by atoms with Crippen molar-refractivity contribution in [2.75, 3.05) is 31.6 Å². The molecule has 140 valence electrons. The maximum Gasteiger partial charge on any atom is 0.251 e. The van der Waals surface area contributed by atoms with Crippen molar-refractivity contribution in [1.29, 1.82) is 0 Å². The van der Waals surface area contributed by atoms with Gasteiger partial charge in [0.05, 0.1) is 12.3 Å². The number of carbonyl (C=O) groups excluding carboxylic acids is 1. The molecule has 7 heteroatoms. The molecule has 0 heterocycles. The Morgan fingerprint density at radius 1 is 1.12 bits per heavy atom. The van der Waals surface area contributed by atoms with Crippen molar-refractivity contribution < 1.29 is 13.2 Å². The monoisotopic (exact) mass is 375 g/mol. The summed E-state index contributed by atoms with van der Waals surface area (Å²) in [4.78, 5) is 14.5. The van der Waals surface area contributed by atoms with Gasteiger partial charge in [0, 0.05) is 17.8 Å². The molecule has 6 nitrogen and oxygen atoms in total. The summed E-state index contributed by atoms with van der Waals surface area (Å²) in [5, 5.41) is 2.93. The zero-order valence-electron chi connectivity index (χ0n) is 15.5. The largest absolute Gasteiger partial charge is 0.350 e. The van der Waals surface area contributed by atoms with E-state index in [0.717, 1.165) is 11.8 Å². The molecule has 0 fully saturated rings. The minimum Gasteiger partial charge on any atom is -0.350 e. The number of hydrogen-bond donors (Lipinski definition) is 2. The standard InChI is InChI=1S/C19H25N3O3S/c1-14-8-10-15(11-9-14)18(22(2)3)13-20-19(23)16-6-5-7-17(12-16)21-26(4,24)25/h5-12,18,21H,13H2,1-4H3,(H,20,23). The predicted molar refractivity (Wildman–Crippen MR) is 105 cm³/mol. The third kappa shape index (κ3) is 5.86. The van der Waals surface area contributed by atoms with Crippen molar-refractivity contribution >= 4 is 21.6 Å². The van der Waals surface area contributed by atoms with Gasteiger partial charge in [0.15, 0.2) is 0 Å². The van der Waals surface area contributed by atoms with E-state index >= 15 is 0 Å². The molecule has 0 aromatic heterocycles. The highest BCUT2D eigenvalue weighted by Crippen LogP contribution is 2.18. The summed E-state index contributed by atoms with van der Waals surface area (Å²) in [6, 6.07) is 14.7. The number of aryl methyl sites for hydroxylation is 1. The van der Waals surface area contributed by atoms with Gasteiger partial charge in [-0.25, -0.2) is 8.42 Å². The van der Waals surface area contributed by atoms with Crippen molar-refractivity contribution in [3.05, 3.63) is 65.2 Å². The van der Waals surface area contributed by atoms with Crippen molar-refractivity contribution in [2.24, 2.45) is 0 Å². The highest BCUT2D eigenvalue weighted by Gasteiger charge is 2.16. The van der Waals surface area contributed by atoms with Crippen LogP contribution in [0.5, 0.6) is 0 Å². The van der Waals surface area contributed by atoms with E-state index in [1.165, 1.54) is 11.6 Å². The third-order valence-corrected chi connectivity index (χ3v) is 4.58. The number of benzene rings is 2. The first-order chi connectivity index (χ1) is 12.2. The second-order valence-corrected chi connectivity index (χ2v) is 8.30. The molecule has 26 heavy (non-hydrogen) atoms. The first-order valence-corrected chi connectivity index (χ1v) is 10.1. The Morgan fingerprint density at radius 2 is 1.77 bits per heavy atom. The Bertz CT molecular complexity index is 862. The normalized spacial score (nSPS) is 12.7. The zero-order chi connectivity index (χ0) is 19.3. The molecule has 0 aliphatic rings. The van der Waals surface area contributed by atoms with Crippen LogP contribution in [-0.4, -0.2) is 46.1 Å².